The normalized spacial score (nSPS) is 7.00. The largest absolute Gasteiger partial charge is 0.450 e. The maximum absolute atomic E-state index is 3.61. The maximum Gasteiger partial charge on any atom is 0 e. The Morgan fingerprint density at radius 3 is 2.30 bits per heavy atom. The Morgan fingerprint density at radius 2 is 2.20 bits per heavy atom. The smallest absolute Gasteiger partial charge is 0 e. The van der Waals surface area contributed by atoms with E-state index in [1.54, 1.807) is 12.4 Å². The molecule has 0 fully saturated rings. The van der Waals surface area contributed by atoms with E-state index in [1.807, 2.05) is 0 Å². The second-order valence-electron chi connectivity index (χ2n) is 1.57. The SMILES string of the molecule is [CH2-]CCC.[Re].c1c[n-]cn1. The average Bonchev–Trinajstić information content (AvgIpc) is 2.43. The van der Waals surface area contributed by atoms with E-state index in [0.717, 1.165) is 6.42 Å². The summed E-state index contributed by atoms with van der Waals surface area (Å²) >= 11 is 0. The van der Waals surface area contributed by atoms with Crippen LogP contribution in [0.5, 0.6) is 0 Å². The van der Waals surface area contributed by atoms with Crippen LogP contribution in [0.4, 0.5) is 0 Å². The minimum absolute atomic E-state index is 0. The molecule has 0 atom stereocenters. The van der Waals surface area contributed by atoms with Crippen molar-refractivity contribution in [2.45, 2.75) is 19.8 Å². The molecule has 2 nitrogen and oxygen atoms in total. The first kappa shape index (κ1) is 12.5. The van der Waals surface area contributed by atoms with Gasteiger partial charge in [0.05, 0.1) is 0 Å². The van der Waals surface area contributed by atoms with Gasteiger partial charge in [0.15, 0.2) is 0 Å². The second kappa shape index (κ2) is 11.6. The van der Waals surface area contributed by atoms with Gasteiger partial charge >= 0.3 is 0 Å². The molecule has 0 amide bonds. The van der Waals surface area contributed by atoms with Crippen molar-refractivity contribution in [3.05, 3.63) is 25.6 Å². The minimum atomic E-state index is 0. The number of hydrogen-bond acceptors (Lipinski definition) is 1. The van der Waals surface area contributed by atoms with Crippen molar-refractivity contribution in [2.75, 3.05) is 0 Å². The van der Waals surface area contributed by atoms with Gasteiger partial charge in [-0.05, 0) is 0 Å². The Balaban J connectivity index is 0. The summed E-state index contributed by atoms with van der Waals surface area (Å²) in [5, 5.41) is 0. The third-order valence-corrected chi connectivity index (χ3v) is 0.726. The minimum Gasteiger partial charge on any atom is -0.450 e. The number of nitrogens with zero attached hydrogens (tertiary/aromatic N) is 2. The van der Waals surface area contributed by atoms with Gasteiger partial charge in [-0.1, -0.05) is 32.1 Å². The molecular formula is C7H12N2Re-2. The molecule has 1 heterocycles. The van der Waals surface area contributed by atoms with Gasteiger partial charge in [0.25, 0.3) is 0 Å². The molecule has 0 aliphatic rings. The first-order chi connectivity index (χ1) is 4.41. The van der Waals surface area contributed by atoms with Gasteiger partial charge in [-0.3, -0.25) is 0 Å². The van der Waals surface area contributed by atoms with Crippen molar-refractivity contribution in [1.82, 2.24) is 9.97 Å². The van der Waals surface area contributed by atoms with E-state index in [-0.39, 0.29) is 20.4 Å². The Hall–Kier alpha value is -0.128. The molecule has 1 aromatic heterocycles. The van der Waals surface area contributed by atoms with Crippen molar-refractivity contribution in [3.8, 4) is 0 Å². The number of imidazole rings is 1. The van der Waals surface area contributed by atoms with Gasteiger partial charge in [0.2, 0.25) is 0 Å². The fourth-order valence-electron chi connectivity index (χ4n) is 0.192. The predicted molar refractivity (Wildman–Crippen MR) is 37.8 cm³/mol. The third-order valence-electron chi connectivity index (χ3n) is 0.726. The molecule has 3 heteroatoms. The summed E-state index contributed by atoms with van der Waals surface area (Å²) < 4.78 is 0. The number of hydrogen-bond donors (Lipinski definition) is 0. The van der Waals surface area contributed by atoms with Crippen LogP contribution in [-0.2, 0) is 20.4 Å². The topological polar surface area (TPSA) is 27.0 Å². The van der Waals surface area contributed by atoms with Crippen LogP contribution >= 0.6 is 0 Å². The van der Waals surface area contributed by atoms with Crippen molar-refractivity contribution in [2.24, 2.45) is 0 Å². The molecule has 0 bridgehead atoms. The van der Waals surface area contributed by atoms with E-state index >= 15 is 0 Å². The second-order valence-corrected chi connectivity index (χ2v) is 1.57. The van der Waals surface area contributed by atoms with E-state index in [9.17, 15) is 0 Å². The van der Waals surface area contributed by atoms with Gasteiger partial charge in [-0.25, -0.2) is 0 Å². The monoisotopic (exact) mass is 311 g/mol. The van der Waals surface area contributed by atoms with Crippen LogP contribution < -0.4 is 4.98 Å². The van der Waals surface area contributed by atoms with E-state index in [0.29, 0.717) is 0 Å². The molecule has 0 spiro atoms. The molecule has 10 heavy (non-hydrogen) atoms. The van der Waals surface area contributed by atoms with Gasteiger partial charge in [-0.2, -0.15) is 6.42 Å². The first-order valence-corrected chi connectivity index (χ1v) is 3.07. The Labute approximate surface area is 76.1 Å². The zero-order chi connectivity index (χ0) is 6.95. The van der Waals surface area contributed by atoms with Crippen LogP contribution in [0.25, 0.3) is 0 Å². The molecule has 0 N–H and O–H groups in total. The van der Waals surface area contributed by atoms with Gasteiger partial charge in [0.1, 0.15) is 0 Å². The van der Waals surface area contributed by atoms with Crippen LogP contribution in [0.2, 0.25) is 0 Å². The van der Waals surface area contributed by atoms with Crippen molar-refractivity contribution >= 4 is 0 Å². The summed E-state index contributed by atoms with van der Waals surface area (Å²) in [6.45, 7) is 5.72. The Kier molecular flexibility index (Phi) is 14.6. The van der Waals surface area contributed by atoms with Crippen LogP contribution in [0.3, 0.4) is 0 Å². The quantitative estimate of drug-likeness (QED) is 0.738. The van der Waals surface area contributed by atoms with Crippen LogP contribution in [0, 0.1) is 6.92 Å². The average molecular weight is 310 g/mol. The van der Waals surface area contributed by atoms with E-state index in [2.05, 4.69) is 23.8 Å². The molecule has 0 aromatic carbocycles. The fourth-order valence-corrected chi connectivity index (χ4v) is 0.192. The number of rotatable bonds is 1. The molecule has 0 saturated carbocycles. The maximum atomic E-state index is 3.61. The van der Waals surface area contributed by atoms with Crippen LogP contribution in [0.1, 0.15) is 19.8 Å². The van der Waals surface area contributed by atoms with E-state index in [4.69, 9.17) is 0 Å². The van der Waals surface area contributed by atoms with Gasteiger partial charge < -0.3 is 16.9 Å². The summed E-state index contributed by atoms with van der Waals surface area (Å²) in [6, 6.07) is 0. The van der Waals surface area contributed by atoms with E-state index < -0.39 is 0 Å². The molecule has 0 unspecified atom stereocenters. The molecule has 1 radical (unpaired) electrons. The van der Waals surface area contributed by atoms with Gasteiger partial charge in [-0.15, -0.1) is 0 Å². The Bertz CT molecular complexity index is 87.1. The zero-order valence-electron chi connectivity index (χ0n) is 6.13. The molecule has 1 rings (SSSR count). The molecule has 59 valence electrons. The van der Waals surface area contributed by atoms with E-state index in [1.165, 1.54) is 12.7 Å². The van der Waals surface area contributed by atoms with Crippen molar-refractivity contribution in [3.63, 3.8) is 0 Å². The number of aromatic nitrogens is 2. The van der Waals surface area contributed by atoms with Crippen molar-refractivity contribution < 1.29 is 20.4 Å². The molecule has 1 aromatic rings. The summed E-state index contributed by atoms with van der Waals surface area (Å²) in [7, 11) is 0. The Morgan fingerprint density at radius 1 is 1.60 bits per heavy atom. The summed E-state index contributed by atoms with van der Waals surface area (Å²) in [5.74, 6) is 0. The summed E-state index contributed by atoms with van der Waals surface area (Å²) in [4.78, 5) is 7.22. The zero-order valence-corrected chi connectivity index (χ0v) is 8.84. The molecule has 0 aliphatic heterocycles. The first-order valence-electron chi connectivity index (χ1n) is 3.07. The summed E-state index contributed by atoms with van der Waals surface area (Å²) in [5.41, 5.74) is 0. The fraction of sp³-hybridized carbons (Fsp3) is 0.429. The molecule has 0 saturated heterocycles. The van der Waals surface area contributed by atoms with Crippen LogP contribution in [0.15, 0.2) is 18.7 Å². The predicted octanol–water partition coefficient (Wildman–Crippen LogP) is 1.66. The third kappa shape index (κ3) is 10.8. The van der Waals surface area contributed by atoms with Gasteiger partial charge in [0, 0.05) is 20.4 Å². The van der Waals surface area contributed by atoms with Crippen LogP contribution in [-0.4, -0.2) is 4.98 Å². The summed E-state index contributed by atoms with van der Waals surface area (Å²) in [6.07, 6.45) is 7.06. The van der Waals surface area contributed by atoms with Crippen molar-refractivity contribution in [1.29, 1.82) is 0 Å². The number of unbranched alkanes of at least 4 members (excludes halogenated alkanes) is 1. The molecule has 0 aliphatic carbocycles. The molecular weight excluding hydrogens is 298 g/mol. The standard InChI is InChI=1S/C4H9.C3H3N2.Re/c1-3-4-2;1-2-5-3-4-1;/h1,3-4H2,2H3;1-3H;/q2*-1;.